The third-order valence-electron chi connectivity index (χ3n) is 8.57. The van der Waals surface area contributed by atoms with E-state index in [4.69, 9.17) is 11.6 Å². The normalized spacial score (nSPS) is 29.6. The molecular weight excluding hydrogens is 524 g/mol. The van der Waals surface area contributed by atoms with Crippen LogP contribution in [0.5, 0.6) is 0 Å². The monoisotopic (exact) mass is 559 g/mol. The van der Waals surface area contributed by atoms with E-state index in [0.717, 1.165) is 17.9 Å². The standard InChI is InChI=1S/C25H36ClF2N5O5/c1-3-13(2)17(30-24(38)25(28)8-9-25)22(36)32-11-14-5-4-6-16(14)18(32)21(35)31-33(23(37)19(26)27)12-15-7-10-29-20(15)34/h13-19H,3-12H2,1-2H3,(H,29,34)(H,30,38)(H,31,35)/t13-,14-,15-,16-,17-,18-,19-/m0/s1. The van der Waals surface area contributed by atoms with Crippen LogP contribution in [0.4, 0.5) is 8.78 Å². The average molecular weight is 560 g/mol. The fourth-order valence-electron chi connectivity index (χ4n) is 5.88. The summed E-state index contributed by atoms with van der Waals surface area (Å²) in [5.74, 6) is -4.62. The van der Waals surface area contributed by atoms with Gasteiger partial charge in [-0.25, -0.2) is 13.8 Å². The van der Waals surface area contributed by atoms with E-state index in [2.05, 4.69) is 16.1 Å². The first-order valence-electron chi connectivity index (χ1n) is 13.4. The molecule has 0 bridgehead atoms. The van der Waals surface area contributed by atoms with Crippen LogP contribution < -0.4 is 16.1 Å². The average Bonchev–Trinajstić information content (AvgIpc) is 3.18. The summed E-state index contributed by atoms with van der Waals surface area (Å²) in [5, 5.41) is 5.95. The van der Waals surface area contributed by atoms with E-state index < -0.39 is 52.9 Å². The summed E-state index contributed by atoms with van der Waals surface area (Å²) in [6.07, 6.45) is 3.52. The fraction of sp³-hybridized carbons (Fsp3) is 0.800. The highest BCUT2D eigenvalue weighted by Crippen LogP contribution is 2.43. The Morgan fingerprint density at radius 2 is 1.95 bits per heavy atom. The van der Waals surface area contributed by atoms with Crippen molar-refractivity contribution in [3.8, 4) is 0 Å². The van der Waals surface area contributed by atoms with Crippen molar-refractivity contribution in [1.82, 2.24) is 26.0 Å². The SMILES string of the molecule is CC[C@H](C)[C@H](NC(=O)C1(F)CC1)C(=O)N1C[C@@H]2CCC[C@@H]2[C@H]1C(=O)NN(C[C@@H]1CCNC1=O)C(=O)[C@H](F)Cl. The molecule has 0 radical (unpaired) electrons. The van der Waals surface area contributed by atoms with Crippen LogP contribution in [0, 0.1) is 23.7 Å². The molecule has 0 aromatic rings. The van der Waals surface area contributed by atoms with Crippen LogP contribution in [-0.4, -0.2) is 82.5 Å². The lowest BCUT2D eigenvalue weighted by Gasteiger charge is -2.34. The van der Waals surface area contributed by atoms with E-state index in [1.165, 1.54) is 4.90 Å². The summed E-state index contributed by atoms with van der Waals surface area (Å²) in [4.78, 5) is 65.9. The van der Waals surface area contributed by atoms with Gasteiger partial charge in [-0.3, -0.25) is 29.4 Å². The maximum Gasteiger partial charge on any atom is 0.291 e. The van der Waals surface area contributed by atoms with E-state index in [1.54, 1.807) is 6.92 Å². The molecule has 38 heavy (non-hydrogen) atoms. The Morgan fingerprint density at radius 3 is 2.53 bits per heavy atom. The van der Waals surface area contributed by atoms with Crippen molar-refractivity contribution >= 4 is 41.1 Å². The molecule has 7 atom stereocenters. The Morgan fingerprint density at radius 1 is 1.24 bits per heavy atom. The molecule has 3 N–H and O–H groups in total. The van der Waals surface area contributed by atoms with Crippen LogP contribution in [0.3, 0.4) is 0 Å². The van der Waals surface area contributed by atoms with Gasteiger partial charge in [0.1, 0.15) is 12.1 Å². The van der Waals surface area contributed by atoms with Gasteiger partial charge in [0.25, 0.3) is 23.4 Å². The zero-order valence-corrected chi connectivity index (χ0v) is 22.4. The predicted octanol–water partition coefficient (Wildman–Crippen LogP) is 1.18. The van der Waals surface area contributed by atoms with E-state index in [-0.39, 0.29) is 49.6 Å². The summed E-state index contributed by atoms with van der Waals surface area (Å²) in [6, 6.07) is -1.99. The second-order valence-electron chi connectivity index (χ2n) is 11.1. The lowest BCUT2D eigenvalue weighted by Crippen LogP contribution is -2.60. The van der Waals surface area contributed by atoms with Crippen molar-refractivity contribution in [2.24, 2.45) is 23.7 Å². The highest BCUT2D eigenvalue weighted by atomic mass is 35.5. The van der Waals surface area contributed by atoms with Crippen molar-refractivity contribution in [1.29, 1.82) is 0 Å². The number of nitrogens with one attached hydrogen (secondary N) is 3. The Labute approximate surface area is 225 Å². The molecule has 5 amide bonds. The number of hydrogen-bond donors (Lipinski definition) is 3. The molecule has 4 aliphatic rings. The molecule has 0 aromatic carbocycles. The topological polar surface area (TPSA) is 128 Å². The lowest BCUT2D eigenvalue weighted by molar-refractivity contribution is -0.150. The number of halogens is 3. The van der Waals surface area contributed by atoms with E-state index in [0.29, 0.717) is 25.8 Å². The van der Waals surface area contributed by atoms with E-state index in [1.807, 2.05) is 6.92 Å². The van der Waals surface area contributed by atoms with Crippen molar-refractivity contribution in [3.63, 3.8) is 0 Å². The number of carbonyl (C=O) groups is 5. The molecule has 2 saturated heterocycles. The van der Waals surface area contributed by atoms with Gasteiger partial charge in [0.05, 0.1) is 12.5 Å². The number of fused-ring (bicyclic) bond motifs is 1. The summed E-state index contributed by atoms with van der Waals surface area (Å²) in [6.45, 7) is 4.05. The minimum atomic E-state index is -2.43. The van der Waals surface area contributed by atoms with Crippen LogP contribution in [-0.2, 0) is 24.0 Å². The first-order valence-corrected chi connectivity index (χ1v) is 13.9. The maximum absolute atomic E-state index is 14.4. The third-order valence-corrected chi connectivity index (χ3v) is 8.75. The van der Waals surface area contributed by atoms with Gasteiger partial charge < -0.3 is 15.5 Å². The quantitative estimate of drug-likeness (QED) is 0.289. The Bertz CT molecular complexity index is 980. The number of nitrogens with zero attached hydrogens (tertiary/aromatic N) is 2. The number of rotatable bonds is 9. The molecule has 2 saturated carbocycles. The first kappa shape index (κ1) is 28.5. The van der Waals surface area contributed by atoms with Gasteiger partial charge in [-0.05, 0) is 49.9 Å². The van der Waals surface area contributed by atoms with Crippen LogP contribution in [0.25, 0.3) is 0 Å². The zero-order chi connectivity index (χ0) is 27.8. The maximum atomic E-state index is 14.4. The van der Waals surface area contributed by atoms with Crippen molar-refractivity contribution < 1.29 is 32.8 Å². The molecule has 10 nitrogen and oxygen atoms in total. The zero-order valence-electron chi connectivity index (χ0n) is 21.7. The second-order valence-corrected chi connectivity index (χ2v) is 11.5. The Kier molecular flexibility index (Phi) is 8.49. The number of carbonyl (C=O) groups excluding carboxylic acids is 5. The summed E-state index contributed by atoms with van der Waals surface area (Å²) >= 11 is 5.39. The highest BCUT2D eigenvalue weighted by Gasteiger charge is 2.54. The van der Waals surface area contributed by atoms with Gasteiger partial charge in [-0.15, -0.1) is 0 Å². The first-order chi connectivity index (χ1) is 18.0. The minimum Gasteiger partial charge on any atom is -0.356 e. The minimum absolute atomic E-state index is 0.0469. The molecule has 13 heteroatoms. The molecular formula is C25H36ClF2N5O5. The molecule has 2 heterocycles. The predicted molar refractivity (Wildman–Crippen MR) is 133 cm³/mol. The van der Waals surface area contributed by atoms with Gasteiger partial charge in [0.15, 0.2) is 5.67 Å². The van der Waals surface area contributed by atoms with Gasteiger partial charge >= 0.3 is 0 Å². The van der Waals surface area contributed by atoms with Crippen molar-refractivity contribution in [3.05, 3.63) is 0 Å². The number of hydrazine groups is 1. The van der Waals surface area contributed by atoms with Crippen molar-refractivity contribution in [2.45, 2.75) is 82.2 Å². The highest BCUT2D eigenvalue weighted by molar-refractivity contribution is 6.29. The van der Waals surface area contributed by atoms with Gasteiger partial charge in [-0.1, -0.05) is 38.3 Å². The molecule has 0 unspecified atom stereocenters. The summed E-state index contributed by atoms with van der Waals surface area (Å²) in [5.41, 5.74) is -1.94. The van der Waals surface area contributed by atoms with Crippen LogP contribution in [0.15, 0.2) is 0 Å². The van der Waals surface area contributed by atoms with Gasteiger partial charge in [-0.2, -0.15) is 0 Å². The Hall–Kier alpha value is -2.50. The van der Waals surface area contributed by atoms with Crippen LogP contribution >= 0.6 is 11.6 Å². The Balaban J connectivity index is 1.55. The molecule has 0 aromatic heterocycles. The summed E-state index contributed by atoms with van der Waals surface area (Å²) in [7, 11) is 0. The van der Waals surface area contributed by atoms with Crippen LogP contribution in [0.1, 0.15) is 58.8 Å². The molecule has 212 valence electrons. The van der Waals surface area contributed by atoms with Crippen molar-refractivity contribution in [2.75, 3.05) is 19.6 Å². The smallest absolute Gasteiger partial charge is 0.291 e. The molecule has 2 aliphatic heterocycles. The number of hydrogen-bond acceptors (Lipinski definition) is 5. The van der Waals surface area contributed by atoms with Gasteiger partial charge in [0.2, 0.25) is 11.8 Å². The second kappa shape index (κ2) is 11.3. The number of likely N-dealkylation sites (tertiary alicyclic amines) is 1. The summed E-state index contributed by atoms with van der Waals surface area (Å²) < 4.78 is 28.2. The van der Waals surface area contributed by atoms with Gasteiger partial charge in [0, 0.05) is 13.1 Å². The van der Waals surface area contributed by atoms with Crippen LogP contribution in [0.2, 0.25) is 0 Å². The third kappa shape index (κ3) is 5.74. The molecule has 2 aliphatic carbocycles. The number of alkyl halides is 3. The number of amides is 5. The fourth-order valence-corrected chi connectivity index (χ4v) is 6.00. The van der Waals surface area contributed by atoms with E-state index in [9.17, 15) is 32.8 Å². The molecule has 4 fully saturated rings. The molecule has 4 rings (SSSR count). The lowest BCUT2D eigenvalue weighted by atomic mass is 9.93. The van der Waals surface area contributed by atoms with E-state index >= 15 is 0 Å². The largest absolute Gasteiger partial charge is 0.356 e. The molecule has 0 spiro atoms.